The fourth-order valence-corrected chi connectivity index (χ4v) is 12.1. The van der Waals surface area contributed by atoms with Gasteiger partial charge in [0.15, 0.2) is 11.7 Å². The first-order valence-corrected chi connectivity index (χ1v) is 23.4. The first-order chi connectivity index (χ1) is 27.9. The third-order valence-corrected chi connectivity index (χ3v) is 16.2. The number of ketones is 1. The number of fused-ring (bicyclic) bond motifs is 5. The maximum absolute atomic E-state index is 15.0. The molecule has 2 amide bonds. The lowest BCUT2D eigenvalue weighted by Gasteiger charge is -2.31. The molecular weight excluding hydrogens is 763 g/mol. The van der Waals surface area contributed by atoms with Gasteiger partial charge >= 0.3 is 5.97 Å². The van der Waals surface area contributed by atoms with Gasteiger partial charge in [-0.1, -0.05) is 39.0 Å². The number of Topliss-reactive ketones (excluding diaryl/α,β-unsaturated/α-hetero) is 1. The summed E-state index contributed by atoms with van der Waals surface area (Å²) < 4.78 is 48.1. The average Bonchev–Trinajstić information content (AvgIpc) is 3.99. The van der Waals surface area contributed by atoms with E-state index >= 15 is 4.79 Å². The largest absolute Gasteiger partial charge is 0.497 e. The molecule has 14 heteroatoms. The number of carbonyl (C=O) groups excluding carboxylic acids is 4. The number of nitrogens with zero attached hydrogens (tertiary/aromatic N) is 2. The highest BCUT2D eigenvalue weighted by Crippen LogP contribution is 2.58. The third-order valence-electron chi connectivity index (χ3n) is 14.4. The molecule has 6 aliphatic rings. The summed E-state index contributed by atoms with van der Waals surface area (Å²) in [5, 5.41) is 0.593. The summed E-state index contributed by atoms with van der Waals surface area (Å²) in [4.78, 5) is 72.9. The summed E-state index contributed by atoms with van der Waals surface area (Å²) in [6.07, 6.45) is 10.7. The monoisotopic (exact) mass is 821 g/mol. The van der Waals surface area contributed by atoms with Gasteiger partial charge in [0.05, 0.1) is 42.7 Å². The maximum Gasteiger partial charge on any atom is 0.306 e. The predicted octanol–water partition coefficient (Wildman–Crippen LogP) is 5.82. The SMILES string of the molecule is CC[C@H]1C[C@]1(CC(=O)[C@@H]1C[C@@H]2CN1C(=O)[C@H](C1CCCC1)CC(=O)O[C@@H]1CCC[C@H]1CCCCCn1c(cc3cc(OC)ccc3c1=O)O2)C(=O)NS(=O)(=O)C1CC1. The van der Waals surface area contributed by atoms with E-state index in [1.54, 1.807) is 34.8 Å². The number of nitrogens with one attached hydrogen (secondary N) is 1. The van der Waals surface area contributed by atoms with Crippen LogP contribution in [0.1, 0.15) is 122 Å². The predicted molar refractivity (Wildman–Crippen MR) is 216 cm³/mol. The summed E-state index contributed by atoms with van der Waals surface area (Å²) in [6, 6.07) is 6.17. The third kappa shape index (κ3) is 8.28. The molecular formula is C44H59N3O10S. The number of carbonyl (C=O) groups is 4. The molecule has 2 aliphatic heterocycles. The van der Waals surface area contributed by atoms with Gasteiger partial charge in [0, 0.05) is 30.8 Å². The van der Waals surface area contributed by atoms with Crippen LogP contribution >= 0.6 is 0 Å². The van der Waals surface area contributed by atoms with Gasteiger partial charge in [-0.3, -0.25) is 33.3 Å². The fourth-order valence-electron chi connectivity index (χ4n) is 10.7. The molecule has 1 aromatic carbocycles. The molecule has 3 heterocycles. The zero-order chi connectivity index (χ0) is 40.8. The van der Waals surface area contributed by atoms with Crippen LogP contribution in [0.25, 0.3) is 10.8 Å². The van der Waals surface area contributed by atoms with E-state index in [0.717, 1.165) is 70.6 Å². The molecule has 13 nitrogen and oxygen atoms in total. The van der Waals surface area contributed by atoms with Crippen molar-refractivity contribution in [3.05, 3.63) is 34.6 Å². The number of hydrogen-bond donors (Lipinski definition) is 1. The van der Waals surface area contributed by atoms with Crippen molar-refractivity contribution in [1.82, 2.24) is 14.2 Å². The molecule has 4 saturated carbocycles. The van der Waals surface area contributed by atoms with Crippen LogP contribution in [0.2, 0.25) is 0 Å². The second-order valence-electron chi connectivity index (χ2n) is 18.1. The Kier molecular flexibility index (Phi) is 11.7. The van der Waals surface area contributed by atoms with Gasteiger partial charge in [-0.2, -0.15) is 0 Å². The lowest BCUT2D eigenvalue weighted by molar-refractivity contribution is -0.156. The number of methoxy groups -OCH3 is 1. The van der Waals surface area contributed by atoms with E-state index in [0.29, 0.717) is 54.6 Å². The summed E-state index contributed by atoms with van der Waals surface area (Å²) in [5.41, 5.74) is -1.38. The molecule has 5 fully saturated rings. The van der Waals surface area contributed by atoms with E-state index in [-0.39, 0.29) is 72.9 Å². The normalized spacial score (nSPS) is 31.1. The van der Waals surface area contributed by atoms with E-state index in [4.69, 9.17) is 14.2 Å². The highest BCUT2D eigenvalue weighted by atomic mass is 32.2. The Labute approximate surface area is 340 Å². The van der Waals surface area contributed by atoms with Gasteiger partial charge in [0.1, 0.15) is 18.0 Å². The lowest BCUT2D eigenvalue weighted by atomic mass is 9.86. The van der Waals surface area contributed by atoms with Crippen molar-refractivity contribution in [2.75, 3.05) is 13.7 Å². The Bertz CT molecular complexity index is 2090. The van der Waals surface area contributed by atoms with Gasteiger partial charge in [0.2, 0.25) is 21.8 Å². The molecule has 0 radical (unpaired) electrons. The van der Waals surface area contributed by atoms with E-state index in [9.17, 15) is 27.6 Å². The fraction of sp³-hybridized carbons (Fsp3) is 0.705. The Hall–Kier alpha value is -3.94. The van der Waals surface area contributed by atoms with Crippen molar-refractivity contribution in [3.63, 3.8) is 0 Å². The molecule has 4 aliphatic carbocycles. The van der Waals surface area contributed by atoms with E-state index in [1.807, 2.05) is 13.0 Å². The zero-order valence-corrected chi connectivity index (χ0v) is 34.8. The molecule has 0 unspecified atom stereocenters. The van der Waals surface area contributed by atoms with Crippen molar-refractivity contribution in [3.8, 4) is 11.6 Å². The number of hydrogen-bond acceptors (Lipinski definition) is 10. The van der Waals surface area contributed by atoms with Crippen molar-refractivity contribution < 1.29 is 41.8 Å². The Morgan fingerprint density at radius 2 is 1.66 bits per heavy atom. The molecule has 2 aromatic rings. The minimum atomic E-state index is -3.83. The number of amides is 2. The van der Waals surface area contributed by atoms with Crippen LogP contribution < -0.4 is 19.8 Å². The van der Waals surface area contributed by atoms with Crippen molar-refractivity contribution in [2.24, 2.45) is 29.1 Å². The van der Waals surface area contributed by atoms with Crippen LogP contribution in [-0.2, 0) is 40.5 Å². The van der Waals surface area contributed by atoms with E-state index in [1.165, 1.54) is 0 Å². The molecule has 58 heavy (non-hydrogen) atoms. The minimum Gasteiger partial charge on any atom is -0.497 e. The van der Waals surface area contributed by atoms with Crippen LogP contribution in [-0.4, -0.2) is 78.6 Å². The molecule has 1 N–H and O–H groups in total. The van der Waals surface area contributed by atoms with E-state index in [2.05, 4.69) is 4.72 Å². The molecule has 1 saturated heterocycles. The second-order valence-corrected chi connectivity index (χ2v) is 20.0. The molecule has 0 spiro atoms. The maximum atomic E-state index is 15.0. The van der Waals surface area contributed by atoms with Crippen LogP contribution in [0.15, 0.2) is 29.1 Å². The van der Waals surface area contributed by atoms with Crippen molar-refractivity contribution in [1.29, 1.82) is 0 Å². The van der Waals surface area contributed by atoms with Crippen LogP contribution in [0, 0.1) is 29.1 Å². The van der Waals surface area contributed by atoms with E-state index < -0.39 is 44.7 Å². The van der Waals surface area contributed by atoms with Crippen LogP contribution in [0.4, 0.5) is 0 Å². The van der Waals surface area contributed by atoms with Gasteiger partial charge in [0.25, 0.3) is 5.56 Å². The highest BCUT2D eigenvalue weighted by Gasteiger charge is 2.62. The molecule has 2 bridgehead atoms. The smallest absolute Gasteiger partial charge is 0.306 e. The molecule has 316 valence electrons. The first-order valence-electron chi connectivity index (χ1n) is 21.9. The van der Waals surface area contributed by atoms with Crippen LogP contribution in [0.5, 0.6) is 11.6 Å². The number of benzene rings is 1. The van der Waals surface area contributed by atoms with Gasteiger partial charge in [-0.15, -0.1) is 0 Å². The highest BCUT2D eigenvalue weighted by molar-refractivity contribution is 7.90. The molecule has 7 atom stereocenters. The Balaban J connectivity index is 1.14. The molecule has 8 rings (SSSR count). The van der Waals surface area contributed by atoms with Crippen molar-refractivity contribution in [2.45, 2.75) is 153 Å². The Morgan fingerprint density at radius 1 is 0.914 bits per heavy atom. The van der Waals surface area contributed by atoms with Crippen LogP contribution in [0.3, 0.4) is 0 Å². The topological polar surface area (TPSA) is 167 Å². The first kappa shape index (κ1) is 40.8. The zero-order valence-electron chi connectivity index (χ0n) is 34.0. The summed E-state index contributed by atoms with van der Waals surface area (Å²) >= 11 is 0. The van der Waals surface area contributed by atoms with Crippen molar-refractivity contribution >= 4 is 44.4 Å². The second kappa shape index (κ2) is 16.6. The number of aromatic nitrogens is 1. The lowest BCUT2D eigenvalue weighted by Crippen LogP contribution is -2.47. The number of esters is 1. The quantitative estimate of drug-likeness (QED) is 0.305. The van der Waals surface area contributed by atoms with Gasteiger partial charge < -0.3 is 19.1 Å². The summed E-state index contributed by atoms with van der Waals surface area (Å²) in [7, 11) is -2.27. The standard InChI is InChI=1S/C44H59N3O10S/c1-3-30-24-44(30,43(52)45-58(53,54)33-16-17-33)25-37(48)36-22-32-26-47(36)42(51)35(27-10-6-7-11-27)23-40(49)57-38-14-9-13-28(38)12-5-4-8-19-46-39(56-32)21-29-20-31(55-2)15-18-34(29)41(46)50/h15,18,20-21,27-28,30,32-33,35-36,38H,3-14,16-17,19,22-26H2,1-2H3,(H,45,52)/t28-,30+,32-,35+,36+,38-,44-/m1/s1. The summed E-state index contributed by atoms with van der Waals surface area (Å²) in [5.74, 6) is -1.35. The number of ether oxygens (including phenoxy) is 3. The number of sulfonamides is 1. The van der Waals surface area contributed by atoms with Gasteiger partial charge in [-0.25, -0.2) is 8.42 Å². The number of rotatable bonds is 9. The Morgan fingerprint density at radius 3 is 2.38 bits per heavy atom. The number of pyridine rings is 1. The average molecular weight is 822 g/mol. The molecule has 1 aromatic heterocycles. The summed E-state index contributed by atoms with van der Waals surface area (Å²) in [6.45, 7) is 2.39. The minimum absolute atomic E-state index is 0.0426. The van der Waals surface area contributed by atoms with Gasteiger partial charge in [-0.05, 0) is 106 Å².